The zero-order chi connectivity index (χ0) is 17.8. The minimum atomic E-state index is -1.49. The fourth-order valence-electron chi connectivity index (χ4n) is 3.98. The molecule has 1 heterocycles. The van der Waals surface area contributed by atoms with Crippen molar-refractivity contribution in [3.8, 4) is 17.9 Å². The Hall–Kier alpha value is -2.13. The molecule has 1 aromatic carbocycles. The van der Waals surface area contributed by atoms with Crippen LogP contribution in [-0.4, -0.2) is 33.1 Å². The molecule has 0 radical (unpaired) electrons. The highest BCUT2D eigenvalue weighted by Gasteiger charge is 2.96. The Balaban J connectivity index is 2.22. The number of fused-ring (bicyclic) bond motifs is 1. The van der Waals surface area contributed by atoms with Gasteiger partial charge >= 0.3 is 5.91 Å². The molecule has 3 rings (SSSR count). The summed E-state index contributed by atoms with van der Waals surface area (Å²) in [5, 5.41) is 19.8. The normalized spacial score (nSPS) is 32.2. The molecule has 0 saturated heterocycles. The van der Waals surface area contributed by atoms with Crippen LogP contribution in [0.4, 0.5) is 0 Å². The number of nitrogens with two attached hydrogens (primary N) is 1. The van der Waals surface area contributed by atoms with Crippen molar-refractivity contribution >= 4 is 21.8 Å². The van der Waals surface area contributed by atoms with E-state index in [-0.39, 0.29) is 5.84 Å². The Morgan fingerprint density at radius 2 is 1.88 bits per heavy atom. The molecule has 1 fully saturated rings. The van der Waals surface area contributed by atoms with E-state index < -0.39 is 22.7 Å². The summed E-state index contributed by atoms with van der Waals surface area (Å²) >= 11 is 3.43. The van der Waals surface area contributed by atoms with E-state index in [0.717, 1.165) is 10.0 Å². The van der Waals surface area contributed by atoms with Crippen LogP contribution in [-0.2, 0) is 9.47 Å². The number of rotatable bonds is 4. The van der Waals surface area contributed by atoms with Crippen LogP contribution in [0.1, 0.15) is 11.5 Å². The number of hydrogen-bond acceptors (Lipinski definition) is 6. The minimum Gasteiger partial charge on any atom is -0.496 e. The van der Waals surface area contributed by atoms with Gasteiger partial charge in [-0.05, 0) is 33.6 Å². The first kappa shape index (κ1) is 16.7. The summed E-state index contributed by atoms with van der Waals surface area (Å²) in [5.41, 5.74) is 4.35. The monoisotopic (exact) mass is 391 g/mol. The molecule has 7 nitrogen and oxygen atoms in total. The Morgan fingerprint density at radius 3 is 2.33 bits per heavy atom. The molecular weight excluding hydrogens is 376 g/mol. The number of nitriles is 2. The maximum atomic E-state index is 9.97. The Bertz CT molecular complexity index is 824. The van der Waals surface area contributed by atoms with Gasteiger partial charge in [-0.3, -0.25) is 5.73 Å². The van der Waals surface area contributed by atoms with Crippen LogP contribution < -0.4 is 15.5 Å². The fraction of sp³-hybridized carbons (Fsp3) is 0.438. The molecule has 1 saturated carbocycles. The number of amidine groups is 1. The van der Waals surface area contributed by atoms with Gasteiger partial charge in [-0.15, -0.1) is 0 Å². The third-order valence-corrected chi connectivity index (χ3v) is 5.70. The molecule has 1 aliphatic heterocycles. The number of nitrogens with zero attached hydrogens (tertiary/aromatic N) is 2. The van der Waals surface area contributed by atoms with Crippen LogP contribution in [0.2, 0.25) is 0 Å². The zero-order valence-electron chi connectivity index (χ0n) is 13.4. The number of halogens is 1. The number of methoxy groups -OCH3 is 3. The molecule has 24 heavy (non-hydrogen) atoms. The summed E-state index contributed by atoms with van der Waals surface area (Å²) < 4.78 is 16.9. The van der Waals surface area contributed by atoms with Crippen molar-refractivity contribution in [1.82, 2.24) is 0 Å². The van der Waals surface area contributed by atoms with Crippen LogP contribution >= 0.6 is 15.9 Å². The third-order valence-electron chi connectivity index (χ3n) is 5.08. The van der Waals surface area contributed by atoms with Crippen LogP contribution in [0.5, 0.6) is 5.75 Å². The predicted octanol–water partition coefficient (Wildman–Crippen LogP) is -0.0271. The van der Waals surface area contributed by atoms with E-state index in [0.29, 0.717) is 5.75 Å². The number of ether oxygens (including phenoxy) is 3. The van der Waals surface area contributed by atoms with Crippen LogP contribution in [0.3, 0.4) is 0 Å². The van der Waals surface area contributed by atoms with Gasteiger partial charge in [-0.2, -0.15) is 10.5 Å². The summed E-state index contributed by atoms with van der Waals surface area (Å²) in [4.78, 5) is 2.86. The van der Waals surface area contributed by atoms with Crippen molar-refractivity contribution < 1.29 is 19.2 Å². The molecule has 2 aliphatic rings. The lowest BCUT2D eigenvalue weighted by atomic mass is 9.93. The van der Waals surface area contributed by atoms with Crippen molar-refractivity contribution in [2.75, 3.05) is 21.3 Å². The van der Waals surface area contributed by atoms with Crippen molar-refractivity contribution in [2.45, 2.75) is 11.8 Å². The Morgan fingerprint density at radius 1 is 1.21 bits per heavy atom. The highest BCUT2D eigenvalue weighted by atomic mass is 79.9. The number of benzene rings is 1. The maximum absolute atomic E-state index is 9.97. The molecule has 0 unspecified atom stereocenters. The molecule has 0 aromatic heterocycles. The molecule has 3 atom stereocenters. The summed E-state index contributed by atoms with van der Waals surface area (Å²) in [6.07, 6.45) is 0. The second-order valence-corrected chi connectivity index (χ2v) is 6.58. The van der Waals surface area contributed by atoms with Crippen LogP contribution in [0, 0.1) is 33.5 Å². The van der Waals surface area contributed by atoms with Gasteiger partial charge in [0.15, 0.2) is 10.8 Å². The summed E-state index contributed by atoms with van der Waals surface area (Å²) in [5.74, 6) is -1.16. The highest BCUT2D eigenvalue weighted by Crippen LogP contribution is 2.78. The standard InChI is InChI=1S/C16H15BrN4O3/c1-22-11-5-4-9(6-10(11)17)12-14(7-18)13(20)21-16(23-2,24-3)15(12,14)8-19/h4-6,12H,1-3H3,(H2,20,21)/p+1/t12-,14+,15+/m0/s1. The lowest BCUT2D eigenvalue weighted by Gasteiger charge is -2.26. The Labute approximate surface area is 147 Å². The first-order chi connectivity index (χ1) is 11.4. The van der Waals surface area contributed by atoms with E-state index in [4.69, 9.17) is 19.9 Å². The van der Waals surface area contributed by atoms with Gasteiger partial charge in [-0.1, -0.05) is 6.07 Å². The van der Waals surface area contributed by atoms with Crippen molar-refractivity contribution in [3.63, 3.8) is 0 Å². The van der Waals surface area contributed by atoms with Crippen molar-refractivity contribution in [2.24, 2.45) is 16.6 Å². The van der Waals surface area contributed by atoms with E-state index in [9.17, 15) is 10.5 Å². The summed E-state index contributed by atoms with van der Waals surface area (Å²) in [7, 11) is 4.39. The first-order valence-corrected chi connectivity index (χ1v) is 7.91. The largest absolute Gasteiger partial charge is 0.496 e. The minimum absolute atomic E-state index is 0.173. The molecule has 0 spiro atoms. The third kappa shape index (κ3) is 1.54. The van der Waals surface area contributed by atoms with Gasteiger partial charge in [0.2, 0.25) is 0 Å². The number of nitrogens with one attached hydrogen (secondary N) is 1. The molecule has 124 valence electrons. The molecule has 1 aliphatic carbocycles. The lowest BCUT2D eigenvalue weighted by molar-refractivity contribution is -0.687. The topological polar surface area (TPSA) is 115 Å². The van der Waals surface area contributed by atoms with Crippen molar-refractivity contribution in [1.29, 1.82) is 10.5 Å². The first-order valence-electron chi connectivity index (χ1n) is 7.12. The highest BCUT2D eigenvalue weighted by molar-refractivity contribution is 9.10. The van der Waals surface area contributed by atoms with Gasteiger partial charge in [0.1, 0.15) is 5.75 Å². The quantitative estimate of drug-likeness (QED) is 0.696. The van der Waals surface area contributed by atoms with Gasteiger partial charge < -0.3 is 14.2 Å². The van der Waals surface area contributed by atoms with Gasteiger partial charge in [0.05, 0.1) is 23.7 Å². The molecule has 1 aromatic rings. The van der Waals surface area contributed by atoms with Gasteiger partial charge in [0, 0.05) is 20.1 Å². The van der Waals surface area contributed by atoms with Gasteiger partial charge in [0.25, 0.3) is 5.84 Å². The van der Waals surface area contributed by atoms with E-state index in [1.54, 1.807) is 13.2 Å². The predicted molar refractivity (Wildman–Crippen MR) is 86.4 cm³/mol. The van der Waals surface area contributed by atoms with Crippen LogP contribution in [0.25, 0.3) is 0 Å². The summed E-state index contributed by atoms with van der Waals surface area (Å²) in [6, 6.07) is 9.87. The second kappa shape index (κ2) is 5.18. The van der Waals surface area contributed by atoms with E-state index in [1.165, 1.54) is 14.2 Å². The molecular formula is C16H16BrN4O3+. The lowest BCUT2D eigenvalue weighted by Crippen LogP contribution is -2.90. The zero-order valence-corrected chi connectivity index (χ0v) is 15.0. The van der Waals surface area contributed by atoms with E-state index >= 15 is 0 Å². The second-order valence-electron chi connectivity index (χ2n) is 5.73. The number of hydrogen-bond donors (Lipinski definition) is 2. The molecule has 8 heteroatoms. The molecule has 3 N–H and O–H groups in total. The molecule has 0 bridgehead atoms. The fourth-order valence-corrected chi connectivity index (χ4v) is 4.53. The SMILES string of the molecule is COc1ccc([C@H]2[C@]3(C#N)C(N)=[NH+]C(OC)(OC)[C@]23C#N)cc1Br. The Kier molecular flexibility index (Phi) is 3.61. The maximum Gasteiger partial charge on any atom is 0.342 e. The van der Waals surface area contributed by atoms with Gasteiger partial charge in [-0.25, -0.2) is 4.99 Å². The smallest absolute Gasteiger partial charge is 0.342 e. The van der Waals surface area contributed by atoms with Crippen molar-refractivity contribution in [3.05, 3.63) is 28.2 Å². The van der Waals surface area contributed by atoms with E-state index in [2.05, 4.69) is 33.1 Å². The molecule has 0 amide bonds. The average molecular weight is 392 g/mol. The average Bonchev–Trinajstić information content (AvgIpc) is 3.17. The summed E-state index contributed by atoms with van der Waals surface area (Å²) in [6.45, 7) is 0. The van der Waals surface area contributed by atoms with Crippen LogP contribution in [0.15, 0.2) is 22.7 Å². The van der Waals surface area contributed by atoms with E-state index in [1.807, 2.05) is 12.1 Å².